The van der Waals surface area contributed by atoms with Gasteiger partial charge in [0.25, 0.3) is 0 Å². The van der Waals surface area contributed by atoms with Gasteiger partial charge >= 0.3 is 0 Å². The summed E-state index contributed by atoms with van der Waals surface area (Å²) in [5.41, 5.74) is 6.93. The second kappa shape index (κ2) is 10.0. The molecule has 0 heteroatoms. The molecule has 30 heavy (non-hydrogen) atoms. The van der Waals surface area contributed by atoms with Crippen LogP contribution < -0.4 is 0 Å². The second-order valence-electron chi connectivity index (χ2n) is 6.99. The maximum Gasteiger partial charge on any atom is -0.00987 e. The van der Waals surface area contributed by atoms with Crippen LogP contribution in [0.2, 0.25) is 0 Å². The Labute approximate surface area is 179 Å². The summed E-state index contributed by atoms with van der Waals surface area (Å²) in [6.07, 6.45) is 12.9. The Morgan fingerprint density at radius 1 is 0.433 bits per heavy atom. The SMILES string of the molecule is [c]1ccc(/C=C/c2ccccc2)c(/C=C/c2ccccc2)c1/C=C/c1ccccc1. The predicted octanol–water partition coefficient (Wildman–Crippen LogP) is 8.00. The van der Waals surface area contributed by atoms with Crippen molar-refractivity contribution in [2.45, 2.75) is 0 Å². The van der Waals surface area contributed by atoms with E-state index in [0.717, 1.165) is 16.7 Å². The molecule has 4 aromatic rings. The van der Waals surface area contributed by atoms with E-state index in [9.17, 15) is 0 Å². The molecule has 0 amide bonds. The van der Waals surface area contributed by atoms with Gasteiger partial charge in [-0.1, -0.05) is 140 Å². The molecule has 0 nitrogen and oxygen atoms in total. The van der Waals surface area contributed by atoms with Gasteiger partial charge < -0.3 is 0 Å². The highest BCUT2D eigenvalue weighted by Crippen LogP contribution is 2.23. The van der Waals surface area contributed by atoms with E-state index in [-0.39, 0.29) is 0 Å². The van der Waals surface area contributed by atoms with Crippen molar-refractivity contribution < 1.29 is 0 Å². The molecule has 0 unspecified atom stereocenters. The highest BCUT2D eigenvalue weighted by Gasteiger charge is 2.02. The summed E-state index contributed by atoms with van der Waals surface area (Å²) in [4.78, 5) is 0. The molecule has 0 N–H and O–H groups in total. The first kappa shape index (κ1) is 19.4. The fourth-order valence-electron chi connectivity index (χ4n) is 3.25. The second-order valence-corrected chi connectivity index (χ2v) is 6.99. The Bertz CT molecular complexity index is 1080. The van der Waals surface area contributed by atoms with Crippen molar-refractivity contribution in [3.05, 3.63) is 143 Å². The molecule has 0 bridgehead atoms. The van der Waals surface area contributed by atoms with Gasteiger partial charge in [-0.3, -0.25) is 0 Å². The zero-order valence-corrected chi connectivity index (χ0v) is 16.8. The van der Waals surface area contributed by atoms with Gasteiger partial charge in [0.05, 0.1) is 0 Å². The molecule has 0 heterocycles. The zero-order valence-electron chi connectivity index (χ0n) is 16.8. The highest BCUT2D eigenvalue weighted by molar-refractivity contribution is 5.85. The maximum absolute atomic E-state index is 3.41. The van der Waals surface area contributed by atoms with Crippen molar-refractivity contribution in [1.82, 2.24) is 0 Å². The van der Waals surface area contributed by atoms with Gasteiger partial charge in [0.2, 0.25) is 0 Å². The fraction of sp³-hybridized carbons (Fsp3) is 0. The van der Waals surface area contributed by atoms with Crippen LogP contribution in [0.25, 0.3) is 36.5 Å². The third-order valence-corrected chi connectivity index (χ3v) is 4.84. The molecule has 4 aromatic carbocycles. The topological polar surface area (TPSA) is 0 Å². The predicted molar refractivity (Wildman–Crippen MR) is 131 cm³/mol. The number of hydrogen-bond acceptors (Lipinski definition) is 0. The number of hydrogen-bond donors (Lipinski definition) is 0. The molecular formula is C30H23. The van der Waals surface area contributed by atoms with E-state index in [1.807, 2.05) is 24.3 Å². The molecule has 0 saturated carbocycles. The molecule has 0 aliphatic carbocycles. The van der Waals surface area contributed by atoms with Crippen molar-refractivity contribution in [3.63, 3.8) is 0 Å². The summed E-state index contributed by atoms with van der Waals surface area (Å²) in [6.45, 7) is 0. The van der Waals surface area contributed by atoms with E-state index in [1.54, 1.807) is 0 Å². The average Bonchev–Trinajstić information content (AvgIpc) is 2.82. The Hall–Kier alpha value is -3.90. The van der Waals surface area contributed by atoms with E-state index in [2.05, 4.69) is 121 Å². The quantitative estimate of drug-likeness (QED) is 0.296. The van der Waals surface area contributed by atoms with E-state index >= 15 is 0 Å². The minimum absolute atomic E-state index is 1.07. The third-order valence-electron chi connectivity index (χ3n) is 4.84. The smallest absolute Gasteiger partial charge is 0.00987 e. The van der Waals surface area contributed by atoms with Gasteiger partial charge in [-0.2, -0.15) is 0 Å². The molecule has 0 aromatic heterocycles. The van der Waals surface area contributed by atoms with Gasteiger partial charge in [-0.15, -0.1) is 0 Å². The van der Waals surface area contributed by atoms with Gasteiger partial charge in [-0.05, 0) is 39.4 Å². The summed E-state index contributed by atoms with van der Waals surface area (Å²) < 4.78 is 0. The van der Waals surface area contributed by atoms with Gasteiger partial charge in [0, 0.05) is 0 Å². The lowest BCUT2D eigenvalue weighted by Crippen LogP contribution is -1.87. The van der Waals surface area contributed by atoms with Gasteiger partial charge in [0.15, 0.2) is 0 Å². The Morgan fingerprint density at radius 3 is 1.43 bits per heavy atom. The molecule has 143 valence electrons. The zero-order chi connectivity index (χ0) is 20.4. The lowest BCUT2D eigenvalue weighted by molar-refractivity contribution is 1.56. The van der Waals surface area contributed by atoms with Crippen LogP contribution in [0.15, 0.2) is 103 Å². The van der Waals surface area contributed by atoms with Crippen LogP contribution in [-0.2, 0) is 0 Å². The highest BCUT2D eigenvalue weighted by atomic mass is 14.1. The monoisotopic (exact) mass is 383 g/mol. The summed E-state index contributed by atoms with van der Waals surface area (Å²) in [6, 6.07) is 38.6. The molecule has 0 atom stereocenters. The van der Waals surface area contributed by atoms with Crippen LogP contribution in [0, 0.1) is 6.07 Å². The van der Waals surface area contributed by atoms with Crippen molar-refractivity contribution in [2.24, 2.45) is 0 Å². The molecule has 4 rings (SSSR count). The van der Waals surface area contributed by atoms with E-state index in [0.29, 0.717) is 0 Å². The third kappa shape index (κ3) is 5.33. The Balaban J connectivity index is 1.72. The van der Waals surface area contributed by atoms with E-state index in [1.165, 1.54) is 16.7 Å². The largest absolute Gasteiger partial charge is 0.0622 e. The van der Waals surface area contributed by atoms with Crippen LogP contribution >= 0.6 is 0 Å². The average molecular weight is 384 g/mol. The molecule has 1 radical (unpaired) electrons. The van der Waals surface area contributed by atoms with Crippen molar-refractivity contribution in [1.29, 1.82) is 0 Å². The summed E-state index contributed by atoms with van der Waals surface area (Å²) in [7, 11) is 0. The van der Waals surface area contributed by atoms with Crippen LogP contribution in [0.1, 0.15) is 33.4 Å². The molecule has 0 fully saturated rings. The number of benzene rings is 4. The molecular weight excluding hydrogens is 360 g/mol. The molecule has 0 saturated heterocycles. The van der Waals surface area contributed by atoms with Crippen LogP contribution in [0.4, 0.5) is 0 Å². The first-order valence-electron chi connectivity index (χ1n) is 10.1. The molecule has 0 aliphatic heterocycles. The van der Waals surface area contributed by atoms with Crippen LogP contribution in [0.5, 0.6) is 0 Å². The number of rotatable bonds is 6. The van der Waals surface area contributed by atoms with Crippen molar-refractivity contribution in [2.75, 3.05) is 0 Å². The lowest BCUT2D eigenvalue weighted by Gasteiger charge is -2.07. The van der Waals surface area contributed by atoms with Gasteiger partial charge in [0.1, 0.15) is 0 Å². The normalized spacial score (nSPS) is 11.6. The van der Waals surface area contributed by atoms with Gasteiger partial charge in [-0.25, -0.2) is 0 Å². The van der Waals surface area contributed by atoms with Crippen molar-refractivity contribution in [3.8, 4) is 0 Å². The van der Waals surface area contributed by atoms with E-state index in [4.69, 9.17) is 0 Å². The lowest BCUT2D eigenvalue weighted by atomic mass is 9.97. The maximum atomic E-state index is 3.41. The fourth-order valence-corrected chi connectivity index (χ4v) is 3.25. The van der Waals surface area contributed by atoms with E-state index < -0.39 is 0 Å². The summed E-state index contributed by atoms with van der Waals surface area (Å²) in [5.74, 6) is 0. The minimum atomic E-state index is 1.07. The summed E-state index contributed by atoms with van der Waals surface area (Å²) in [5, 5.41) is 0. The Morgan fingerprint density at radius 2 is 0.900 bits per heavy atom. The van der Waals surface area contributed by atoms with Crippen LogP contribution in [-0.4, -0.2) is 0 Å². The molecule has 0 spiro atoms. The Kier molecular flexibility index (Phi) is 6.50. The molecule has 0 aliphatic rings. The van der Waals surface area contributed by atoms with Crippen LogP contribution in [0.3, 0.4) is 0 Å². The summed E-state index contributed by atoms with van der Waals surface area (Å²) >= 11 is 0. The first-order chi connectivity index (χ1) is 14.9. The standard InChI is InChI=1S/C30H23/c1-4-11-25(12-5-1)19-22-28-17-10-18-29(23-20-26-13-6-2-7-14-26)30(28)24-21-27-15-8-3-9-16-27/h1-17,19-24H/b22-19+,23-20+,24-21+. The first-order valence-corrected chi connectivity index (χ1v) is 10.1. The van der Waals surface area contributed by atoms with Crippen molar-refractivity contribution >= 4 is 36.5 Å². The minimum Gasteiger partial charge on any atom is -0.0622 e.